The molecule has 0 radical (unpaired) electrons. The van der Waals surface area contributed by atoms with Gasteiger partial charge >= 0.3 is 0 Å². The lowest BCUT2D eigenvalue weighted by molar-refractivity contribution is 0.518. The zero-order valence-corrected chi connectivity index (χ0v) is 9.45. The number of pyridine rings is 1. The normalized spacial score (nSPS) is 21.3. The van der Waals surface area contributed by atoms with Crippen LogP contribution in [0.4, 0.5) is 0 Å². The van der Waals surface area contributed by atoms with Gasteiger partial charge in [-0.05, 0) is 30.5 Å². The summed E-state index contributed by atoms with van der Waals surface area (Å²) in [6, 6.07) is 4.29. The molecular weight excluding hydrogens is 198 g/mol. The summed E-state index contributed by atoms with van der Waals surface area (Å²) in [5.41, 5.74) is 4.60. The first-order valence-electron chi connectivity index (χ1n) is 5.95. The van der Waals surface area contributed by atoms with Gasteiger partial charge < -0.3 is 9.88 Å². The minimum Gasteiger partial charge on any atom is -0.331 e. The summed E-state index contributed by atoms with van der Waals surface area (Å²) in [7, 11) is 2.14. The summed E-state index contributed by atoms with van der Waals surface area (Å²) in [6.45, 7) is 2.14. The zero-order chi connectivity index (χ0) is 10.8. The summed E-state index contributed by atoms with van der Waals surface area (Å²) < 4.78 is 2.26. The van der Waals surface area contributed by atoms with Crippen molar-refractivity contribution in [1.29, 1.82) is 0 Å². The van der Waals surface area contributed by atoms with Gasteiger partial charge in [0, 0.05) is 42.8 Å². The lowest BCUT2D eigenvalue weighted by atomic mass is 9.90. The molecule has 1 fully saturated rings. The highest BCUT2D eigenvalue weighted by Crippen LogP contribution is 2.53. The molecule has 3 nitrogen and oxygen atoms in total. The van der Waals surface area contributed by atoms with E-state index in [0.717, 1.165) is 18.7 Å². The number of nitrogens with zero attached hydrogens (tertiary/aromatic N) is 2. The fraction of sp³-hybridized carbons (Fsp3) is 0.462. The summed E-state index contributed by atoms with van der Waals surface area (Å²) >= 11 is 0. The second-order valence-corrected chi connectivity index (χ2v) is 5.14. The summed E-state index contributed by atoms with van der Waals surface area (Å²) in [4.78, 5) is 4.51. The van der Waals surface area contributed by atoms with E-state index in [1.165, 1.54) is 23.9 Å². The van der Waals surface area contributed by atoms with E-state index >= 15 is 0 Å². The van der Waals surface area contributed by atoms with Crippen molar-refractivity contribution in [3.63, 3.8) is 0 Å². The van der Waals surface area contributed by atoms with E-state index in [-0.39, 0.29) is 0 Å². The molecule has 0 amide bonds. The second kappa shape index (κ2) is 2.66. The highest BCUT2D eigenvalue weighted by molar-refractivity contribution is 5.84. The average molecular weight is 213 g/mol. The fourth-order valence-electron chi connectivity index (χ4n) is 3.20. The Morgan fingerprint density at radius 1 is 1.44 bits per heavy atom. The average Bonchev–Trinajstić information content (AvgIpc) is 3.01. The summed E-state index contributed by atoms with van der Waals surface area (Å²) in [6.07, 6.45) is 4.56. The van der Waals surface area contributed by atoms with Crippen LogP contribution >= 0.6 is 0 Å². The van der Waals surface area contributed by atoms with Gasteiger partial charge in [-0.2, -0.15) is 0 Å². The molecule has 2 aliphatic rings. The number of fused-ring (bicyclic) bond motifs is 4. The molecule has 82 valence electrons. The predicted octanol–water partition coefficient (Wildman–Crippen LogP) is 1.71. The van der Waals surface area contributed by atoms with Crippen LogP contribution in [0.15, 0.2) is 18.3 Å². The topological polar surface area (TPSA) is 29.9 Å². The van der Waals surface area contributed by atoms with E-state index in [9.17, 15) is 0 Å². The summed E-state index contributed by atoms with van der Waals surface area (Å²) in [5, 5.41) is 4.92. The molecule has 2 aromatic rings. The largest absolute Gasteiger partial charge is 0.331 e. The van der Waals surface area contributed by atoms with Crippen LogP contribution in [-0.2, 0) is 19.0 Å². The second-order valence-electron chi connectivity index (χ2n) is 5.14. The van der Waals surface area contributed by atoms with Crippen molar-refractivity contribution in [3.8, 4) is 0 Å². The molecule has 1 N–H and O–H groups in total. The number of hydrogen-bond acceptors (Lipinski definition) is 2. The molecule has 3 heteroatoms. The highest BCUT2D eigenvalue weighted by atomic mass is 15.1. The molecular formula is C13H15N3. The van der Waals surface area contributed by atoms with E-state index in [4.69, 9.17) is 0 Å². The van der Waals surface area contributed by atoms with Gasteiger partial charge in [0.25, 0.3) is 0 Å². The molecule has 3 heterocycles. The van der Waals surface area contributed by atoms with Crippen LogP contribution in [0.5, 0.6) is 0 Å². The van der Waals surface area contributed by atoms with Crippen molar-refractivity contribution in [3.05, 3.63) is 29.6 Å². The predicted molar refractivity (Wildman–Crippen MR) is 63.3 cm³/mol. The zero-order valence-electron chi connectivity index (χ0n) is 9.45. The number of hydrogen-bond donors (Lipinski definition) is 1. The van der Waals surface area contributed by atoms with Gasteiger partial charge in [-0.1, -0.05) is 0 Å². The fourth-order valence-corrected chi connectivity index (χ4v) is 3.20. The van der Waals surface area contributed by atoms with E-state index in [1.807, 2.05) is 6.20 Å². The van der Waals surface area contributed by atoms with Crippen molar-refractivity contribution in [2.45, 2.75) is 24.8 Å². The Labute approximate surface area is 94.5 Å². The third-order valence-electron chi connectivity index (χ3n) is 4.21. The minimum atomic E-state index is 0.441. The van der Waals surface area contributed by atoms with Crippen LogP contribution in [0.2, 0.25) is 0 Å². The molecule has 4 rings (SSSR count). The van der Waals surface area contributed by atoms with Gasteiger partial charge in [0.1, 0.15) is 5.65 Å². The van der Waals surface area contributed by atoms with E-state index < -0.39 is 0 Å². The number of nitrogens with one attached hydrogen (secondary N) is 1. The van der Waals surface area contributed by atoms with E-state index in [1.54, 1.807) is 5.56 Å². The van der Waals surface area contributed by atoms with Crippen molar-refractivity contribution < 1.29 is 0 Å². The molecule has 0 aromatic carbocycles. The molecule has 1 aliphatic carbocycles. The van der Waals surface area contributed by atoms with Gasteiger partial charge in [0.05, 0.1) is 0 Å². The Hall–Kier alpha value is -1.35. The Morgan fingerprint density at radius 3 is 3.12 bits per heavy atom. The van der Waals surface area contributed by atoms with Crippen LogP contribution in [0, 0.1) is 0 Å². The lowest BCUT2D eigenvalue weighted by Gasteiger charge is -2.24. The van der Waals surface area contributed by atoms with Gasteiger partial charge in [-0.25, -0.2) is 4.98 Å². The van der Waals surface area contributed by atoms with E-state index in [0.29, 0.717) is 5.41 Å². The summed E-state index contributed by atoms with van der Waals surface area (Å²) in [5.74, 6) is 0. The van der Waals surface area contributed by atoms with Gasteiger partial charge in [0.2, 0.25) is 0 Å². The molecule has 1 aliphatic heterocycles. The first-order valence-corrected chi connectivity index (χ1v) is 5.95. The number of aryl methyl sites for hydroxylation is 1. The molecule has 0 unspecified atom stereocenters. The molecule has 1 spiro atoms. The van der Waals surface area contributed by atoms with Crippen molar-refractivity contribution >= 4 is 11.0 Å². The quantitative estimate of drug-likeness (QED) is 0.722. The third-order valence-corrected chi connectivity index (χ3v) is 4.21. The van der Waals surface area contributed by atoms with Crippen LogP contribution in [0.1, 0.15) is 24.1 Å². The Bertz CT molecular complexity index is 578. The maximum Gasteiger partial charge on any atom is 0.140 e. The molecule has 1 saturated carbocycles. The van der Waals surface area contributed by atoms with Crippen molar-refractivity contribution in [2.24, 2.45) is 7.05 Å². The van der Waals surface area contributed by atoms with Crippen molar-refractivity contribution in [1.82, 2.24) is 14.9 Å². The van der Waals surface area contributed by atoms with Crippen molar-refractivity contribution in [2.75, 3.05) is 6.54 Å². The van der Waals surface area contributed by atoms with Crippen LogP contribution in [0.25, 0.3) is 11.0 Å². The molecule has 0 atom stereocenters. The lowest BCUT2D eigenvalue weighted by Crippen LogP contribution is -2.33. The van der Waals surface area contributed by atoms with Crippen LogP contribution in [-0.4, -0.2) is 16.1 Å². The van der Waals surface area contributed by atoms with Gasteiger partial charge in [-0.15, -0.1) is 0 Å². The molecule has 0 bridgehead atoms. The molecule has 0 saturated heterocycles. The first kappa shape index (κ1) is 8.76. The maximum absolute atomic E-state index is 4.51. The smallest absolute Gasteiger partial charge is 0.140 e. The van der Waals surface area contributed by atoms with Crippen LogP contribution in [0.3, 0.4) is 0 Å². The molecule has 16 heavy (non-hydrogen) atoms. The van der Waals surface area contributed by atoms with Gasteiger partial charge in [0.15, 0.2) is 0 Å². The number of rotatable bonds is 0. The standard InChI is InChI=1S/C13H15N3/c1-16-10-7-14-8-13(4-5-13)11(10)9-3-2-6-15-12(9)16/h2-3,6,14H,4-5,7-8H2,1H3. The highest BCUT2D eigenvalue weighted by Gasteiger charge is 2.49. The maximum atomic E-state index is 4.51. The monoisotopic (exact) mass is 213 g/mol. The van der Waals surface area contributed by atoms with E-state index in [2.05, 4.69) is 34.0 Å². The minimum absolute atomic E-state index is 0.441. The SMILES string of the molecule is Cn1c2c(c3cccnc31)C1(CC1)CNC2. The Morgan fingerprint density at radius 2 is 2.31 bits per heavy atom. The first-order chi connectivity index (χ1) is 7.82. The Balaban J connectivity index is 2.14. The van der Waals surface area contributed by atoms with Gasteiger partial charge in [-0.3, -0.25) is 0 Å². The molecule has 2 aromatic heterocycles. The number of aromatic nitrogens is 2. The van der Waals surface area contributed by atoms with Crippen LogP contribution < -0.4 is 5.32 Å². The Kier molecular flexibility index (Phi) is 1.46. The third kappa shape index (κ3) is 0.901.